The first-order valence-electron chi connectivity index (χ1n) is 11.7. The number of rotatable bonds is 7. The van der Waals surface area contributed by atoms with Crippen molar-refractivity contribution in [2.45, 2.75) is 78.0 Å². The summed E-state index contributed by atoms with van der Waals surface area (Å²) in [5.41, 5.74) is 5.46. The van der Waals surface area contributed by atoms with E-state index in [1.165, 1.54) is 5.56 Å². The molecule has 3 aromatic rings. The number of hydrogen-bond donors (Lipinski definition) is 2. The van der Waals surface area contributed by atoms with Crippen molar-refractivity contribution in [3.8, 4) is 0 Å². The highest BCUT2D eigenvalue weighted by Gasteiger charge is 2.26. The van der Waals surface area contributed by atoms with Gasteiger partial charge in [0.15, 0.2) is 5.65 Å². The molecule has 1 aliphatic rings. The van der Waals surface area contributed by atoms with Crippen molar-refractivity contribution < 1.29 is 4.79 Å². The number of nitrogens with one attached hydrogen (secondary N) is 2. The molecule has 1 unspecified atom stereocenters. The van der Waals surface area contributed by atoms with Crippen molar-refractivity contribution in [3.63, 3.8) is 0 Å². The van der Waals surface area contributed by atoms with E-state index in [9.17, 15) is 9.70 Å². The lowest BCUT2D eigenvalue weighted by Gasteiger charge is -2.27. The Kier molecular flexibility index (Phi) is 6.72. The number of aromatic nitrogens is 3. The van der Waals surface area contributed by atoms with Crippen LogP contribution in [0.15, 0.2) is 35.8 Å². The van der Waals surface area contributed by atoms with Crippen LogP contribution in [0.5, 0.6) is 0 Å². The summed E-state index contributed by atoms with van der Waals surface area (Å²) in [5, 5.41) is 15.2. The molecule has 1 saturated carbocycles. The Bertz CT molecular complexity index is 1160. The average Bonchev–Trinajstić information content (AvgIpc) is 3.23. The third-order valence-electron chi connectivity index (χ3n) is 6.64. The zero-order valence-electron chi connectivity index (χ0n) is 19.8. The number of nitrogens with zero attached hydrogens (tertiary/aromatic N) is 4. The highest BCUT2D eigenvalue weighted by molar-refractivity contribution is 6.06. The first-order chi connectivity index (χ1) is 15.9. The zero-order valence-corrected chi connectivity index (χ0v) is 19.8. The first kappa shape index (κ1) is 22.9. The average molecular weight is 449 g/mol. The van der Waals surface area contributed by atoms with E-state index in [1.807, 2.05) is 18.5 Å². The molecule has 4 rings (SSSR count). The van der Waals surface area contributed by atoms with Gasteiger partial charge in [-0.05, 0) is 64.5 Å². The van der Waals surface area contributed by atoms with Crippen LogP contribution >= 0.6 is 0 Å². The van der Waals surface area contributed by atoms with Crippen molar-refractivity contribution >= 4 is 22.6 Å². The summed E-state index contributed by atoms with van der Waals surface area (Å²) in [5.74, 6) is -0.174. The number of fused-ring (bicyclic) bond motifs is 1. The van der Waals surface area contributed by atoms with Crippen LogP contribution in [-0.2, 0) is 6.54 Å². The van der Waals surface area contributed by atoms with Crippen molar-refractivity contribution in [1.82, 2.24) is 20.1 Å². The monoisotopic (exact) mass is 448 g/mol. The van der Waals surface area contributed by atoms with Gasteiger partial charge < -0.3 is 10.6 Å². The van der Waals surface area contributed by atoms with Gasteiger partial charge in [0.2, 0.25) is 0 Å². The van der Waals surface area contributed by atoms with Crippen LogP contribution in [0, 0.1) is 18.8 Å². The summed E-state index contributed by atoms with van der Waals surface area (Å²) < 4.78 is 1.83. The Morgan fingerprint density at radius 1 is 1.21 bits per heavy atom. The molecule has 0 radical (unpaired) electrons. The van der Waals surface area contributed by atoms with Gasteiger partial charge >= 0.3 is 0 Å². The molecule has 8 heteroatoms. The Hall–Kier alpha value is -3.29. The summed E-state index contributed by atoms with van der Waals surface area (Å²) in [4.78, 5) is 28.9. The molecule has 0 spiro atoms. The second-order valence-corrected chi connectivity index (χ2v) is 9.05. The smallest absolute Gasteiger partial charge is 0.255 e. The molecule has 33 heavy (non-hydrogen) atoms. The van der Waals surface area contributed by atoms with E-state index in [1.54, 1.807) is 12.4 Å². The number of hydrogen-bond acceptors (Lipinski definition) is 6. The van der Waals surface area contributed by atoms with Gasteiger partial charge in [-0.25, -0.2) is 9.67 Å². The summed E-state index contributed by atoms with van der Waals surface area (Å²) in [6, 6.07) is 6.18. The van der Waals surface area contributed by atoms with Crippen LogP contribution in [0.1, 0.15) is 72.6 Å². The summed E-state index contributed by atoms with van der Waals surface area (Å²) in [6.07, 6.45) is 6.60. The SMILES string of the molecule is CCn1ncc2c(NC3CCC(N=O)CC3)c(C(=O)NC(C)c3ccc(C)cc3C)cnc21. The molecule has 1 amide bonds. The van der Waals surface area contributed by atoms with E-state index in [0.29, 0.717) is 12.1 Å². The zero-order chi connectivity index (χ0) is 23.5. The highest BCUT2D eigenvalue weighted by Crippen LogP contribution is 2.31. The number of pyridine rings is 1. The van der Waals surface area contributed by atoms with Gasteiger partial charge in [0, 0.05) is 18.8 Å². The van der Waals surface area contributed by atoms with Gasteiger partial charge in [0.1, 0.15) is 0 Å². The lowest BCUT2D eigenvalue weighted by Crippen LogP contribution is -2.31. The molecule has 1 atom stereocenters. The minimum absolute atomic E-state index is 0.107. The maximum Gasteiger partial charge on any atom is 0.255 e. The standard InChI is InChI=1S/C25H32N6O2/c1-5-31-24-21(14-27-31)23(29-18-7-9-19(30-33)10-8-18)22(13-26-24)25(32)28-17(4)20-11-6-15(2)12-16(20)3/h6,11-14,17-19H,5,7-10H2,1-4H3,(H,26,29)(H,28,32). The van der Waals surface area contributed by atoms with Crippen LogP contribution in [0.4, 0.5) is 5.69 Å². The maximum atomic E-state index is 13.4. The normalized spacial score (nSPS) is 19.3. The second-order valence-electron chi connectivity index (χ2n) is 9.05. The van der Waals surface area contributed by atoms with Crippen LogP contribution in [-0.4, -0.2) is 32.8 Å². The molecule has 0 aliphatic heterocycles. The van der Waals surface area contributed by atoms with Crippen LogP contribution < -0.4 is 10.6 Å². The fraction of sp³-hybridized carbons (Fsp3) is 0.480. The molecule has 2 N–H and O–H groups in total. The van der Waals surface area contributed by atoms with Gasteiger partial charge in [0.25, 0.3) is 5.91 Å². The summed E-state index contributed by atoms with van der Waals surface area (Å²) >= 11 is 0. The lowest BCUT2D eigenvalue weighted by molar-refractivity contribution is 0.0940. The molecular formula is C25H32N6O2. The van der Waals surface area contributed by atoms with Gasteiger partial charge in [-0.1, -0.05) is 28.9 Å². The number of aryl methyl sites for hydroxylation is 3. The first-order valence-corrected chi connectivity index (χ1v) is 11.7. The molecule has 174 valence electrons. The van der Waals surface area contributed by atoms with Crippen molar-refractivity contribution in [2.24, 2.45) is 5.18 Å². The number of carbonyl (C=O) groups excluding carboxylic acids is 1. The van der Waals surface area contributed by atoms with E-state index >= 15 is 0 Å². The number of amides is 1. The largest absolute Gasteiger partial charge is 0.381 e. The van der Waals surface area contributed by atoms with Gasteiger partial charge in [-0.2, -0.15) is 10.0 Å². The molecule has 2 aromatic heterocycles. The number of anilines is 1. The Labute approximate surface area is 194 Å². The van der Waals surface area contributed by atoms with Crippen LogP contribution in [0.25, 0.3) is 11.0 Å². The molecule has 2 heterocycles. The number of carbonyl (C=O) groups is 1. The van der Waals surface area contributed by atoms with Crippen molar-refractivity contribution in [2.75, 3.05) is 5.32 Å². The van der Waals surface area contributed by atoms with Gasteiger partial charge in [-0.3, -0.25) is 4.79 Å². The Balaban J connectivity index is 1.63. The molecule has 1 fully saturated rings. The predicted octanol–water partition coefficient (Wildman–Crippen LogP) is 5.05. The molecule has 1 aromatic carbocycles. The minimum atomic E-state index is -0.174. The quantitative estimate of drug-likeness (QED) is 0.493. The topological polar surface area (TPSA) is 101 Å². The van der Waals surface area contributed by atoms with E-state index in [-0.39, 0.29) is 24.0 Å². The van der Waals surface area contributed by atoms with Gasteiger partial charge in [0.05, 0.1) is 34.9 Å². The third kappa shape index (κ3) is 4.74. The maximum absolute atomic E-state index is 13.4. The van der Waals surface area contributed by atoms with Crippen LogP contribution in [0.3, 0.4) is 0 Å². The number of benzene rings is 1. The molecule has 0 saturated heterocycles. The predicted molar refractivity (Wildman–Crippen MR) is 130 cm³/mol. The summed E-state index contributed by atoms with van der Waals surface area (Å²) in [7, 11) is 0. The molecule has 1 aliphatic carbocycles. The van der Waals surface area contributed by atoms with E-state index in [2.05, 4.69) is 57.9 Å². The third-order valence-corrected chi connectivity index (χ3v) is 6.64. The Morgan fingerprint density at radius 2 is 1.97 bits per heavy atom. The van der Waals surface area contributed by atoms with Crippen LogP contribution in [0.2, 0.25) is 0 Å². The van der Waals surface area contributed by atoms with Crippen molar-refractivity contribution in [3.05, 3.63) is 57.8 Å². The number of nitroso groups, excluding NO2 is 1. The minimum Gasteiger partial charge on any atom is -0.381 e. The van der Waals surface area contributed by atoms with Crippen molar-refractivity contribution in [1.29, 1.82) is 0 Å². The Morgan fingerprint density at radius 3 is 2.64 bits per heavy atom. The molecule has 8 nitrogen and oxygen atoms in total. The summed E-state index contributed by atoms with van der Waals surface area (Å²) in [6.45, 7) is 8.84. The lowest BCUT2D eigenvalue weighted by atomic mass is 9.91. The highest BCUT2D eigenvalue weighted by atomic mass is 16.3. The fourth-order valence-electron chi connectivity index (χ4n) is 4.78. The van der Waals surface area contributed by atoms with E-state index < -0.39 is 0 Å². The molecular weight excluding hydrogens is 416 g/mol. The molecule has 0 bridgehead atoms. The fourth-order valence-corrected chi connectivity index (χ4v) is 4.78. The van der Waals surface area contributed by atoms with E-state index in [4.69, 9.17) is 0 Å². The van der Waals surface area contributed by atoms with E-state index in [0.717, 1.165) is 53.5 Å². The second kappa shape index (κ2) is 9.68. The van der Waals surface area contributed by atoms with Gasteiger partial charge in [-0.15, -0.1) is 0 Å².